The molecule has 0 saturated carbocycles. The summed E-state index contributed by atoms with van der Waals surface area (Å²) in [5.74, 6) is 0.355. The Labute approximate surface area is 67.9 Å². The molecule has 0 aromatic rings. The standard InChI is InChI=1S/C7H15NOS/c1-5(2)7(10)8-9-6(3)4/h5-6H,1-4H3,(H,8,10). The van der Waals surface area contributed by atoms with Crippen molar-refractivity contribution in [2.75, 3.05) is 0 Å². The van der Waals surface area contributed by atoms with E-state index in [2.05, 4.69) is 5.48 Å². The zero-order chi connectivity index (χ0) is 8.15. The fourth-order valence-corrected chi connectivity index (χ4v) is 0.342. The fraction of sp³-hybridized carbons (Fsp3) is 0.857. The average Bonchev–Trinajstić information content (AvgIpc) is 1.82. The van der Waals surface area contributed by atoms with Crippen LogP contribution in [0.3, 0.4) is 0 Å². The molecule has 0 atom stereocenters. The van der Waals surface area contributed by atoms with Gasteiger partial charge in [-0.3, -0.25) is 10.3 Å². The molecule has 1 N–H and O–H groups in total. The van der Waals surface area contributed by atoms with Crippen LogP contribution in [0, 0.1) is 5.92 Å². The van der Waals surface area contributed by atoms with Gasteiger partial charge in [-0.05, 0) is 13.8 Å². The van der Waals surface area contributed by atoms with Gasteiger partial charge in [0.25, 0.3) is 0 Å². The SMILES string of the molecule is CC(C)ONC(=S)C(C)C. The molecule has 0 amide bonds. The highest BCUT2D eigenvalue weighted by Gasteiger charge is 2.01. The zero-order valence-corrected chi connectivity index (χ0v) is 7.79. The highest BCUT2D eigenvalue weighted by atomic mass is 32.1. The molecule has 0 spiro atoms. The van der Waals surface area contributed by atoms with Crippen LogP contribution in [-0.4, -0.2) is 11.1 Å². The van der Waals surface area contributed by atoms with Crippen molar-refractivity contribution in [2.45, 2.75) is 33.8 Å². The highest BCUT2D eigenvalue weighted by molar-refractivity contribution is 7.80. The van der Waals surface area contributed by atoms with Crippen molar-refractivity contribution in [2.24, 2.45) is 5.92 Å². The molecular weight excluding hydrogens is 146 g/mol. The second-order valence-electron chi connectivity index (χ2n) is 2.79. The third-order valence-electron chi connectivity index (χ3n) is 0.920. The minimum Gasteiger partial charge on any atom is -0.273 e. The molecule has 0 aliphatic rings. The van der Waals surface area contributed by atoms with E-state index in [0.29, 0.717) is 5.92 Å². The maximum atomic E-state index is 5.07. The molecule has 3 heteroatoms. The maximum Gasteiger partial charge on any atom is 0.103 e. The van der Waals surface area contributed by atoms with Crippen molar-refractivity contribution in [3.63, 3.8) is 0 Å². The van der Waals surface area contributed by atoms with E-state index in [1.54, 1.807) is 0 Å². The molecule has 0 fully saturated rings. The quantitative estimate of drug-likeness (QED) is 0.504. The first-order valence-corrected chi connectivity index (χ1v) is 3.90. The number of hydrogen-bond acceptors (Lipinski definition) is 2. The van der Waals surface area contributed by atoms with Gasteiger partial charge in [-0.15, -0.1) is 0 Å². The molecule has 0 aliphatic heterocycles. The molecule has 0 aromatic heterocycles. The second kappa shape index (κ2) is 4.63. The van der Waals surface area contributed by atoms with Crippen molar-refractivity contribution in [1.29, 1.82) is 0 Å². The Morgan fingerprint density at radius 2 is 1.80 bits per heavy atom. The molecule has 60 valence electrons. The van der Waals surface area contributed by atoms with Crippen LogP contribution < -0.4 is 5.48 Å². The Hall–Kier alpha value is -0.150. The Bertz CT molecular complexity index is 112. The van der Waals surface area contributed by atoms with Crippen LogP contribution in [0.15, 0.2) is 0 Å². The van der Waals surface area contributed by atoms with Gasteiger partial charge in [0.1, 0.15) is 4.99 Å². The molecule has 2 nitrogen and oxygen atoms in total. The molecule has 0 heterocycles. The van der Waals surface area contributed by atoms with Crippen molar-refractivity contribution in [3.8, 4) is 0 Å². The van der Waals surface area contributed by atoms with Crippen molar-refractivity contribution < 1.29 is 4.84 Å². The lowest BCUT2D eigenvalue weighted by Crippen LogP contribution is -2.28. The number of thiocarbonyl (C=S) groups is 1. The Kier molecular flexibility index (Phi) is 4.56. The molecule has 0 aliphatic carbocycles. The van der Waals surface area contributed by atoms with Gasteiger partial charge in [-0.2, -0.15) is 0 Å². The molecule has 10 heavy (non-hydrogen) atoms. The molecule has 0 radical (unpaired) electrons. The molecule has 0 aromatic carbocycles. The smallest absolute Gasteiger partial charge is 0.103 e. The second-order valence-corrected chi connectivity index (χ2v) is 3.23. The highest BCUT2D eigenvalue weighted by Crippen LogP contribution is 1.94. The first kappa shape index (κ1) is 9.85. The summed E-state index contributed by atoms with van der Waals surface area (Å²) in [5, 5.41) is 0. The zero-order valence-electron chi connectivity index (χ0n) is 6.97. The maximum absolute atomic E-state index is 5.07. The lowest BCUT2D eigenvalue weighted by Gasteiger charge is -2.12. The predicted octanol–water partition coefficient (Wildman–Crippen LogP) is 1.90. The van der Waals surface area contributed by atoms with E-state index in [-0.39, 0.29) is 6.10 Å². The van der Waals surface area contributed by atoms with E-state index in [1.165, 1.54) is 0 Å². The summed E-state index contributed by atoms with van der Waals surface area (Å²) in [6, 6.07) is 0. The molecule has 0 saturated heterocycles. The van der Waals surface area contributed by atoms with Crippen molar-refractivity contribution >= 4 is 17.2 Å². The van der Waals surface area contributed by atoms with Crippen LogP contribution in [-0.2, 0) is 4.84 Å². The Morgan fingerprint density at radius 3 is 2.10 bits per heavy atom. The van der Waals surface area contributed by atoms with E-state index in [4.69, 9.17) is 17.1 Å². The van der Waals surface area contributed by atoms with Crippen LogP contribution in [0.2, 0.25) is 0 Å². The normalized spacial score (nSPS) is 10.6. The summed E-state index contributed by atoms with van der Waals surface area (Å²) in [5.41, 5.74) is 2.71. The molecule has 0 bridgehead atoms. The summed E-state index contributed by atoms with van der Waals surface area (Å²) in [4.78, 5) is 5.83. The fourth-order valence-electron chi connectivity index (χ4n) is 0.294. The first-order valence-electron chi connectivity index (χ1n) is 3.49. The van der Waals surface area contributed by atoms with E-state index >= 15 is 0 Å². The first-order chi connectivity index (χ1) is 4.54. The summed E-state index contributed by atoms with van der Waals surface area (Å²) in [7, 11) is 0. The summed E-state index contributed by atoms with van der Waals surface area (Å²) in [6.07, 6.45) is 0.177. The molecular formula is C7H15NOS. The van der Waals surface area contributed by atoms with E-state index in [1.807, 2.05) is 27.7 Å². The largest absolute Gasteiger partial charge is 0.273 e. The Balaban J connectivity index is 3.40. The van der Waals surface area contributed by atoms with Crippen LogP contribution in [0.4, 0.5) is 0 Å². The van der Waals surface area contributed by atoms with Crippen LogP contribution >= 0.6 is 12.2 Å². The van der Waals surface area contributed by atoms with Crippen LogP contribution in [0.25, 0.3) is 0 Å². The lowest BCUT2D eigenvalue weighted by atomic mass is 10.2. The van der Waals surface area contributed by atoms with Crippen molar-refractivity contribution in [1.82, 2.24) is 5.48 Å². The topological polar surface area (TPSA) is 21.3 Å². The van der Waals surface area contributed by atoms with Crippen LogP contribution in [0.1, 0.15) is 27.7 Å². The number of rotatable bonds is 3. The minimum atomic E-state index is 0.177. The van der Waals surface area contributed by atoms with E-state index in [0.717, 1.165) is 4.99 Å². The monoisotopic (exact) mass is 161 g/mol. The average molecular weight is 161 g/mol. The number of hydroxylamine groups is 1. The van der Waals surface area contributed by atoms with Gasteiger partial charge in [0.15, 0.2) is 0 Å². The third kappa shape index (κ3) is 4.70. The van der Waals surface area contributed by atoms with E-state index in [9.17, 15) is 0 Å². The summed E-state index contributed by atoms with van der Waals surface area (Å²) in [6.45, 7) is 7.96. The summed E-state index contributed by atoms with van der Waals surface area (Å²) < 4.78 is 0. The van der Waals surface area contributed by atoms with Gasteiger partial charge in [0, 0.05) is 5.92 Å². The van der Waals surface area contributed by atoms with Gasteiger partial charge in [-0.25, -0.2) is 0 Å². The van der Waals surface area contributed by atoms with Gasteiger partial charge in [0.05, 0.1) is 6.10 Å². The minimum absolute atomic E-state index is 0.177. The lowest BCUT2D eigenvalue weighted by molar-refractivity contribution is 0.0325. The van der Waals surface area contributed by atoms with Gasteiger partial charge in [0.2, 0.25) is 0 Å². The van der Waals surface area contributed by atoms with Gasteiger partial charge >= 0.3 is 0 Å². The third-order valence-corrected chi connectivity index (χ3v) is 1.47. The predicted molar refractivity (Wildman–Crippen MR) is 46.8 cm³/mol. The van der Waals surface area contributed by atoms with E-state index < -0.39 is 0 Å². The molecule has 0 unspecified atom stereocenters. The van der Waals surface area contributed by atoms with Gasteiger partial charge < -0.3 is 0 Å². The number of nitrogens with one attached hydrogen (secondary N) is 1. The van der Waals surface area contributed by atoms with Crippen LogP contribution in [0.5, 0.6) is 0 Å². The Morgan fingerprint density at radius 1 is 1.30 bits per heavy atom. The van der Waals surface area contributed by atoms with Crippen molar-refractivity contribution in [3.05, 3.63) is 0 Å². The summed E-state index contributed by atoms with van der Waals surface area (Å²) >= 11 is 4.96. The molecule has 0 rings (SSSR count). The number of hydrogen-bond donors (Lipinski definition) is 1. The van der Waals surface area contributed by atoms with Gasteiger partial charge in [-0.1, -0.05) is 26.1 Å².